The fourth-order valence-electron chi connectivity index (χ4n) is 5.56. The highest BCUT2D eigenvalue weighted by atomic mass is 16.1. The van der Waals surface area contributed by atoms with E-state index in [1.165, 1.54) is 43.6 Å². The first-order valence-corrected chi connectivity index (χ1v) is 11.8. The van der Waals surface area contributed by atoms with E-state index in [1.807, 2.05) is 13.0 Å². The second kappa shape index (κ2) is 8.24. The number of imidazole rings is 1. The van der Waals surface area contributed by atoms with E-state index < -0.39 is 5.91 Å². The van der Waals surface area contributed by atoms with Gasteiger partial charge in [-0.25, -0.2) is 4.98 Å². The van der Waals surface area contributed by atoms with Crippen LogP contribution < -0.4 is 10.6 Å². The van der Waals surface area contributed by atoms with Gasteiger partial charge in [-0.15, -0.1) is 0 Å². The van der Waals surface area contributed by atoms with Crippen molar-refractivity contribution in [2.75, 3.05) is 31.1 Å². The second-order valence-corrected chi connectivity index (χ2v) is 9.62. The average Bonchev–Trinajstić information content (AvgIpc) is 3.47. The molecule has 2 unspecified atom stereocenters. The number of likely N-dealkylation sites (tertiary alicyclic amines) is 1. The fourth-order valence-corrected chi connectivity index (χ4v) is 5.56. The van der Waals surface area contributed by atoms with Crippen LogP contribution in [0.3, 0.4) is 0 Å². The van der Waals surface area contributed by atoms with Gasteiger partial charge in [0.1, 0.15) is 5.82 Å². The van der Waals surface area contributed by atoms with Crippen molar-refractivity contribution in [3.63, 3.8) is 0 Å². The monoisotopic (exact) mass is 431 g/mol. The van der Waals surface area contributed by atoms with Crippen molar-refractivity contribution in [1.29, 1.82) is 0 Å². The van der Waals surface area contributed by atoms with Gasteiger partial charge in [0, 0.05) is 36.9 Å². The first-order chi connectivity index (χ1) is 15.4. The molecular formula is C26H33N5O. The minimum atomic E-state index is -0.428. The number of nitrogens with two attached hydrogens (primary N) is 1. The molecular weight excluding hydrogens is 398 g/mol. The van der Waals surface area contributed by atoms with Gasteiger partial charge in [-0.2, -0.15) is 0 Å². The molecule has 168 valence electrons. The molecule has 3 heterocycles. The van der Waals surface area contributed by atoms with Gasteiger partial charge in [0.2, 0.25) is 5.91 Å². The number of hydrogen-bond acceptors (Lipinski definition) is 4. The molecule has 2 fully saturated rings. The Morgan fingerprint density at radius 3 is 2.69 bits per heavy atom. The van der Waals surface area contributed by atoms with Crippen LogP contribution in [0.4, 0.5) is 5.69 Å². The molecule has 0 aliphatic carbocycles. The maximum Gasteiger partial charge on any atom is 0.248 e. The van der Waals surface area contributed by atoms with Crippen LogP contribution in [0.1, 0.15) is 47.9 Å². The lowest BCUT2D eigenvalue weighted by Gasteiger charge is -2.25. The molecule has 3 aromatic rings. The number of carbonyl (C=O) groups is 1. The molecule has 6 nitrogen and oxygen atoms in total. The van der Waals surface area contributed by atoms with E-state index >= 15 is 0 Å². The number of benzene rings is 2. The van der Waals surface area contributed by atoms with E-state index in [2.05, 4.69) is 51.4 Å². The van der Waals surface area contributed by atoms with Gasteiger partial charge in [-0.1, -0.05) is 0 Å². The Labute approximate surface area is 190 Å². The van der Waals surface area contributed by atoms with Crippen LogP contribution in [0, 0.1) is 19.8 Å². The van der Waals surface area contributed by atoms with Gasteiger partial charge in [-0.3, -0.25) is 9.36 Å². The molecule has 2 aliphatic heterocycles. The van der Waals surface area contributed by atoms with Crippen LogP contribution in [0.25, 0.3) is 16.7 Å². The second-order valence-electron chi connectivity index (χ2n) is 9.62. The normalized spacial score (nSPS) is 21.7. The lowest BCUT2D eigenvalue weighted by Crippen LogP contribution is -2.33. The number of anilines is 1. The zero-order valence-electron chi connectivity index (χ0n) is 19.3. The summed E-state index contributed by atoms with van der Waals surface area (Å²) in [6.07, 6.45) is 3.98. The molecule has 32 heavy (non-hydrogen) atoms. The van der Waals surface area contributed by atoms with Gasteiger partial charge in [0.25, 0.3) is 0 Å². The number of rotatable bonds is 5. The van der Waals surface area contributed by atoms with Crippen molar-refractivity contribution in [2.45, 2.75) is 46.1 Å². The summed E-state index contributed by atoms with van der Waals surface area (Å²) in [4.78, 5) is 21.4. The van der Waals surface area contributed by atoms with Gasteiger partial charge in [0.15, 0.2) is 0 Å². The molecule has 6 heteroatoms. The van der Waals surface area contributed by atoms with Gasteiger partial charge < -0.3 is 15.5 Å². The fraction of sp³-hybridized carbons (Fsp3) is 0.462. The Morgan fingerprint density at radius 2 is 1.97 bits per heavy atom. The predicted molar refractivity (Wildman–Crippen MR) is 130 cm³/mol. The lowest BCUT2D eigenvalue weighted by atomic mass is 10.1. The topological polar surface area (TPSA) is 67.4 Å². The molecule has 2 aromatic carbocycles. The van der Waals surface area contributed by atoms with E-state index in [0.29, 0.717) is 5.56 Å². The molecule has 5 rings (SSSR count). The summed E-state index contributed by atoms with van der Waals surface area (Å²) in [5.41, 5.74) is 11.4. The van der Waals surface area contributed by atoms with Crippen molar-refractivity contribution in [3.8, 4) is 5.69 Å². The highest BCUT2D eigenvalue weighted by molar-refractivity contribution is 5.96. The molecule has 0 bridgehead atoms. The first kappa shape index (κ1) is 21.0. The Bertz CT molecular complexity index is 1170. The van der Waals surface area contributed by atoms with Crippen molar-refractivity contribution >= 4 is 22.6 Å². The number of amides is 1. The van der Waals surface area contributed by atoms with Crippen molar-refractivity contribution < 1.29 is 4.79 Å². The summed E-state index contributed by atoms with van der Waals surface area (Å²) >= 11 is 0. The third-order valence-electron chi connectivity index (χ3n) is 7.36. The van der Waals surface area contributed by atoms with E-state index in [4.69, 9.17) is 5.73 Å². The molecule has 1 aromatic heterocycles. The van der Waals surface area contributed by atoms with Gasteiger partial charge >= 0.3 is 0 Å². The number of aryl methyl sites for hydroxylation is 2. The largest absolute Gasteiger partial charge is 0.371 e. The standard InChI is InChI=1S/C26H33N5O/c1-17-13-22(30-12-10-20(16-30)15-29-11-4-5-18(29)2)7-9-24(17)31-19(3)28-23-14-21(26(27)32)6-8-25(23)31/h6-9,13-14,18,20H,4-5,10-12,15-16H2,1-3H3,(H2,27,32). The Hall–Kier alpha value is -2.86. The maximum absolute atomic E-state index is 11.5. The Balaban J connectivity index is 1.37. The molecule has 2 atom stereocenters. The van der Waals surface area contributed by atoms with E-state index in [0.717, 1.165) is 47.6 Å². The summed E-state index contributed by atoms with van der Waals surface area (Å²) in [5, 5.41) is 0. The lowest BCUT2D eigenvalue weighted by molar-refractivity contribution is 0.100. The number of hydrogen-bond donors (Lipinski definition) is 1. The smallest absolute Gasteiger partial charge is 0.248 e. The van der Waals surface area contributed by atoms with E-state index in [9.17, 15) is 4.79 Å². The Kier molecular flexibility index (Phi) is 5.41. The molecule has 0 saturated carbocycles. The zero-order valence-corrected chi connectivity index (χ0v) is 19.3. The quantitative estimate of drug-likeness (QED) is 0.662. The number of nitrogens with zero attached hydrogens (tertiary/aromatic N) is 4. The average molecular weight is 432 g/mol. The van der Waals surface area contributed by atoms with E-state index in [1.54, 1.807) is 12.1 Å². The third-order valence-corrected chi connectivity index (χ3v) is 7.36. The molecule has 1 amide bonds. The summed E-state index contributed by atoms with van der Waals surface area (Å²) < 4.78 is 2.17. The number of primary amides is 1. The predicted octanol–water partition coefficient (Wildman–Crippen LogP) is 4.05. The van der Waals surface area contributed by atoms with Crippen LogP contribution in [0.5, 0.6) is 0 Å². The third kappa shape index (κ3) is 3.77. The van der Waals surface area contributed by atoms with Crippen LogP contribution in [0.15, 0.2) is 36.4 Å². The molecule has 0 radical (unpaired) electrons. The summed E-state index contributed by atoms with van der Waals surface area (Å²) in [6, 6.07) is 13.0. The SMILES string of the molecule is Cc1cc(N2CCC(CN3CCCC3C)C2)ccc1-n1c(C)nc2cc(C(N)=O)ccc21. The zero-order chi connectivity index (χ0) is 22.4. The minimum Gasteiger partial charge on any atom is -0.371 e. The van der Waals surface area contributed by atoms with E-state index in [-0.39, 0.29) is 0 Å². The van der Waals surface area contributed by atoms with Crippen LogP contribution in [-0.4, -0.2) is 52.6 Å². The van der Waals surface area contributed by atoms with Crippen LogP contribution in [0.2, 0.25) is 0 Å². The van der Waals surface area contributed by atoms with Crippen molar-refractivity contribution in [3.05, 3.63) is 53.3 Å². The molecule has 2 N–H and O–H groups in total. The van der Waals surface area contributed by atoms with Crippen LogP contribution >= 0.6 is 0 Å². The van der Waals surface area contributed by atoms with Crippen LogP contribution in [-0.2, 0) is 0 Å². The van der Waals surface area contributed by atoms with Crippen molar-refractivity contribution in [2.24, 2.45) is 11.7 Å². The highest BCUT2D eigenvalue weighted by Gasteiger charge is 2.28. The molecule has 0 spiro atoms. The summed E-state index contributed by atoms with van der Waals surface area (Å²) in [5.74, 6) is 1.23. The summed E-state index contributed by atoms with van der Waals surface area (Å²) in [7, 11) is 0. The molecule has 2 saturated heterocycles. The van der Waals surface area contributed by atoms with Gasteiger partial charge in [-0.05, 0) is 94.5 Å². The minimum absolute atomic E-state index is 0.428. The van der Waals surface area contributed by atoms with Gasteiger partial charge in [0.05, 0.1) is 16.7 Å². The highest BCUT2D eigenvalue weighted by Crippen LogP contribution is 2.31. The number of carbonyl (C=O) groups excluding carboxylic acids is 1. The number of aromatic nitrogens is 2. The molecule has 2 aliphatic rings. The Morgan fingerprint density at radius 1 is 1.12 bits per heavy atom. The maximum atomic E-state index is 11.5. The first-order valence-electron chi connectivity index (χ1n) is 11.8. The van der Waals surface area contributed by atoms with Crippen molar-refractivity contribution in [1.82, 2.24) is 14.5 Å². The number of fused-ring (bicyclic) bond motifs is 1. The summed E-state index contributed by atoms with van der Waals surface area (Å²) in [6.45, 7) is 11.3.